The normalized spacial score (nSPS) is 10.6. The Morgan fingerprint density at radius 3 is 2.39 bits per heavy atom. The second-order valence-corrected chi connectivity index (χ2v) is 6.64. The fraction of sp³-hybridized carbons (Fsp3) is 0.0455. The molecular weight excluding hydrogens is 370 g/mol. The number of benzene rings is 3. The number of thiocarbonyl (C=S) groups is 1. The number of anilines is 1. The third kappa shape index (κ3) is 4.24. The number of nitrogens with zero attached hydrogens (tertiary/aromatic N) is 1. The Balaban J connectivity index is 1.37. The highest BCUT2D eigenvalue weighted by molar-refractivity contribution is 7.80. The van der Waals surface area contributed by atoms with E-state index >= 15 is 0 Å². The first kappa shape index (κ1) is 17.9. The Hall–Kier alpha value is -3.51. The topological polar surface area (TPSA) is 67.2 Å². The van der Waals surface area contributed by atoms with E-state index in [9.17, 15) is 4.79 Å². The Kier molecular flexibility index (Phi) is 5.12. The second-order valence-electron chi connectivity index (χ2n) is 6.23. The minimum Gasteiger partial charge on any atom is -0.436 e. The predicted octanol–water partition coefficient (Wildman–Crippen LogP) is 4.55. The number of para-hydroxylation sites is 2. The second kappa shape index (κ2) is 8.02. The van der Waals surface area contributed by atoms with Crippen LogP contribution in [0.15, 0.2) is 83.3 Å². The van der Waals surface area contributed by atoms with Crippen LogP contribution in [0, 0.1) is 0 Å². The summed E-state index contributed by atoms with van der Waals surface area (Å²) in [6.45, 7) is 0. The number of rotatable bonds is 4. The monoisotopic (exact) mass is 387 g/mol. The molecule has 5 nitrogen and oxygen atoms in total. The van der Waals surface area contributed by atoms with Gasteiger partial charge in [-0.25, -0.2) is 4.98 Å². The van der Waals surface area contributed by atoms with E-state index in [0.29, 0.717) is 5.89 Å². The lowest BCUT2D eigenvalue weighted by molar-refractivity contribution is -0.119. The van der Waals surface area contributed by atoms with Crippen LogP contribution >= 0.6 is 12.2 Å². The number of aromatic nitrogens is 1. The van der Waals surface area contributed by atoms with Gasteiger partial charge in [0.25, 0.3) is 0 Å². The van der Waals surface area contributed by atoms with Gasteiger partial charge in [0.05, 0.1) is 6.42 Å². The third-order valence-electron chi connectivity index (χ3n) is 4.14. The molecule has 0 saturated carbocycles. The lowest BCUT2D eigenvalue weighted by atomic mass is 10.1. The number of hydrogen-bond donors (Lipinski definition) is 2. The van der Waals surface area contributed by atoms with Gasteiger partial charge in [-0.1, -0.05) is 42.5 Å². The minimum absolute atomic E-state index is 0.160. The highest BCUT2D eigenvalue weighted by atomic mass is 32.1. The molecule has 0 fully saturated rings. The van der Waals surface area contributed by atoms with Crippen molar-refractivity contribution in [3.63, 3.8) is 0 Å². The number of hydrogen-bond acceptors (Lipinski definition) is 4. The zero-order chi connectivity index (χ0) is 19.3. The van der Waals surface area contributed by atoms with Gasteiger partial charge in [0.1, 0.15) is 5.52 Å². The Morgan fingerprint density at radius 1 is 0.929 bits per heavy atom. The van der Waals surface area contributed by atoms with E-state index in [2.05, 4.69) is 15.6 Å². The first-order valence-electron chi connectivity index (χ1n) is 8.78. The van der Waals surface area contributed by atoms with Crippen molar-refractivity contribution in [3.05, 3.63) is 84.4 Å². The van der Waals surface area contributed by atoms with Crippen LogP contribution in [0.5, 0.6) is 0 Å². The molecule has 0 atom stereocenters. The number of amides is 1. The van der Waals surface area contributed by atoms with Gasteiger partial charge in [-0.2, -0.15) is 0 Å². The molecule has 2 N–H and O–H groups in total. The molecule has 0 spiro atoms. The van der Waals surface area contributed by atoms with Crippen molar-refractivity contribution in [1.29, 1.82) is 0 Å². The number of nitrogens with one attached hydrogen (secondary N) is 2. The maximum Gasteiger partial charge on any atom is 0.230 e. The maximum atomic E-state index is 12.1. The average Bonchev–Trinajstić information content (AvgIpc) is 3.13. The van der Waals surface area contributed by atoms with Gasteiger partial charge >= 0.3 is 0 Å². The zero-order valence-corrected chi connectivity index (χ0v) is 15.7. The zero-order valence-electron chi connectivity index (χ0n) is 14.9. The Labute approximate surface area is 167 Å². The van der Waals surface area contributed by atoms with Crippen LogP contribution in [0.2, 0.25) is 0 Å². The van der Waals surface area contributed by atoms with Gasteiger partial charge in [0.15, 0.2) is 10.7 Å². The van der Waals surface area contributed by atoms with Crippen LogP contribution in [0.3, 0.4) is 0 Å². The quantitative estimate of drug-likeness (QED) is 0.503. The molecular formula is C22H17N3O2S. The first-order chi connectivity index (χ1) is 13.7. The minimum atomic E-state index is -0.160. The van der Waals surface area contributed by atoms with Crippen molar-refractivity contribution in [2.24, 2.45) is 0 Å². The number of oxazole rings is 1. The van der Waals surface area contributed by atoms with Crippen LogP contribution in [0.25, 0.3) is 22.6 Å². The molecule has 28 heavy (non-hydrogen) atoms. The summed E-state index contributed by atoms with van der Waals surface area (Å²) in [6.07, 6.45) is 0.277. The predicted molar refractivity (Wildman–Crippen MR) is 114 cm³/mol. The molecule has 0 aliphatic carbocycles. The molecule has 0 bridgehead atoms. The molecule has 138 valence electrons. The van der Waals surface area contributed by atoms with Crippen molar-refractivity contribution in [2.45, 2.75) is 6.42 Å². The van der Waals surface area contributed by atoms with Crippen molar-refractivity contribution in [3.8, 4) is 11.5 Å². The Bertz CT molecular complexity index is 1090. The first-order valence-corrected chi connectivity index (χ1v) is 9.19. The summed E-state index contributed by atoms with van der Waals surface area (Å²) in [6, 6.07) is 24.7. The summed E-state index contributed by atoms with van der Waals surface area (Å²) >= 11 is 5.22. The van der Waals surface area contributed by atoms with Crippen molar-refractivity contribution >= 4 is 40.0 Å². The van der Waals surface area contributed by atoms with E-state index in [0.717, 1.165) is 27.9 Å². The lowest BCUT2D eigenvalue weighted by Crippen LogP contribution is -2.35. The molecule has 3 aromatic carbocycles. The van der Waals surface area contributed by atoms with E-state index < -0.39 is 0 Å². The fourth-order valence-corrected chi connectivity index (χ4v) is 3.04. The summed E-state index contributed by atoms with van der Waals surface area (Å²) in [5.74, 6) is 0.401. The molecule has 4 rings (SSSR count). The SMILES string of the molecule is O=C(Cc1ccccc1)NC(=S)Nc1ccc(-c2nc3ccccc3o2)cc1. The summed E-state index contributed by atoms with van der Waals surface area (Å²) < 4.78 is 5.77. The van der Waals surface area contributed by atoms with E-state index in [1.807, 2.05) is 78.9 Å². The standard InChI is InChI=1S/C22H17N3O2S/c26-20(14-15-6-2-1-3-7-15)25-22(28)23-17-12-10-16(11-13-17)21-24-18-8-4-5-9-19(18)27-21/h1-13H,14H2,(H2,23,25,26,28). The van der Waals surface area contributed by atoms with Crippen LogP contribution in [-0.2, 0) is 11.2 Å². The smallest absolute Gasteiger partial charge is 0.230 e. The van der Waals surface area contributed by atoms with Crippen molar-refractivity contribution < 1.29 is 9.21 Å². The van der Waals surface area contributed by atoms with Gasteiger partial charge in [0, 0.05) is 11.3 Å². The molecule has 4 aromatic rings. The summed E-state index contributed by atoms with van der Waals surface area (Å²) in [4.78, 5) is 16.6. The molecule has 6 heteroatoms. The molecule has 0 radical (unpaired) electrons. The van der Waals surface area contributed by atoms with Crippen molar-refractivity contribution in [2.75, 3.05) is 5.32 Å². The summed E-state index contributed by atoms with van der Waals surface area (Å²) in [7, 11) is 0. The van der Waals surface area contributed by atoms with Crippen LogP contribution in [0.4, 0.5) is 5.69 Å². The van der Waals surface area contributed by atoms with Gasteiger partial charge in [0.2, 0.25) is 11.8 Å². The number of fused-ring (bicyclic) bond motifs is 1. The van der Waals surface area contributed by atoms with Gasteiger partial charge < -0.3 is 15.1 Å². The van der Waals surface area contributed by atoms with E-state index in [4.69, 9.17) is 16.6 Å². The highest BCUT2D eigenvalue weighted by Crippen LogP contribution is 2.25. The van der Waals surface area contributed by atoms with E-state index in [-0.39, 0.29) is 17.4 Å². The molecule has 0 unspecified atom stereocenters. The fourth-order valence-electron chi connectivity index (χ4n) is 2.81. The molecule has 0 saturated heterocycles. The third-order valence-corrected chi connectivity index (χ3v) is 4.35. The largest absolute Gasteiger partial charge is 0.436 e. The van der Waals surface area contributed by atoms with E-state index in [1.165, 1.54) is 0 Å². The number of carbonyl (C=O) groups is 1. The molecule has 1 amide bonds. The lowest BCUT2D eigenvalue weighted by Gasteiger charge is -2.10. The average molecular weight is 387 g/mol. The van der Waals surface area contributed by atoms with Crippen LogP contribution in [0.1, 0.15) is 5.56 Å². The van der Waals surface area contributed by atoms with E-state index in [1.54, 1.807) is 0 Å². The van der Waals surface area contributed by atoms with Crippen LogP contribution < -0.4 is 10.6 Å². The molecule has 0 aliphatic rings. The number of carbonyl (C=O) groups excluding carboxylic acids is 1. The summed E-state index contributed by atoms with van der Waals surface area (Å²) in [5.41, 5.74) is 4.14. The van der Waals surface area contributed by atoms with Gasteiger partial charge in [-0.3, -0.25) is 4.79 Å². The van der Waals surface area contributed by atoms with Crippen LogP contribution in [-0.4, -0.2) is 16.0 Å². The molecule has 1 aromatic heterocycles. The maximum absolute atomic E-state index is 12.1. The summed E-state index contributed by atoms with van der Waals surface area (Å²) in [5, 5.41) is 5.96. The Morgan fingerprint density at radius 2 is 1.64 bits per heavy atom. The van der Waals surface area contributed by atoms with Gasteiger partial charge in [-0.15, -0.1) is 0 Å². The van der Waals surface area contributed by atoms with Gasteiger partial charge in [-0.05, 0) is 54.2 Å². The van der Waals surface area contributed by atoms with Crippen molar-refractivity contribution in [1.82, 2.24) is 10.3 Å². The highest BCUT2D eigenvalue weighted by Gasteiger charge is 2.09. The molecule has 0 aliphatic heterocycles. The molecule has 1 heterocycles.